The van der Waals surface area contributed by atoms with E-state index in [9.17, 15) is 70.6 Å². The number of carbonyl (C=O) groups is 3. The molecule has 0 spiro atoms. The van der Waals surface area contributed by atoms with E-state index >= 15 is 0 Å². The standard InChI is InChI=1S/C47H72O20/c1-42(2)13-14-47(41(60)61)21(15-42)20-7-8-25-43(3)11-10-27(44(4,19-49)24(43)9-12-45(25,5)46(20,6)16-26(47)51)64-40-36(67-39-32(56)30(54)29(53)23(17-48)63-39)34(33(57)35(66-40)37(58)59)65-38-31(55)28(52)22(50)18-62-38/h7,19,21-36,38-40,48,50-57H,8-18H2,1-6H3,(H,58,59)(H,60,61)/t21?,22-,23?,24-,25?,26?,27+,28+,29+,30+,31?,32?,33+,34+,35?,36?,38+,39+,40-,43?,44-,45?,46-,47-/m1/s1. The molecule has 0 aromatic rings. The zero-order valence-electron chi connectivity index (χ0n) is 39.0. The Morgan fingerprint density at radius 2 is 1.40 bits per heavy atom. The fourth-order valence-electron chi connectivity index (χ4n) is 14.8. The summed E-state index contributed by atoms with van der Waals surface area (Å²) in [4.78, 5) is 39.8. The van der Waals surface area contributed by atoms with Gasteiger partial charge in [-0.3, -0.25) is 4.79 Å². The fourth-order valence-corrected chi connectivity index (χ4v) is 14.8. The lowest BCUT2D eigenvalue weighted by molar-refractivity contribution is -0.391. The Balaban J connectivity index is 1.13. The Kier molecular flexibility index (Phi) is 13.6. The van der Waals surface area contributed by atoms with Crippen molar-refractivity contribution in [1.82, 2.24) is 0 Å². The van der Waals surface area contributed by atoms with Crippen molar-refractivity contribution in [3.05, 3.63) is 11.6 Å². The topological polar surface area (TPSA) is 329 Å². The largest absolute Gasteiger partial charge is 0.481 e. The molecule has 8 aliphatic rings. The molecule has 20 nitrogen and oxygen atoms in total. The molecule has 0 aromatic heterocycles. The predicted octanol–water partition coefficient (Wildman–Crippen LogP) is -0.413. The summed E-state index contributed by atoms with van der Waals surface area (Å²) in [5.74, 6) is -3.36. The molecular formula is C47H72O20. The molecule has 5 aliphatic carbocycles. The first kappa shape index (κ1) is 51.1. The SMILES string of the molecule is CC1(C)CC[C@]2(C(=O)O)C(O)C[C@]3(C)C(=CCC4C5(C)CC[C@H](O[C@@H]6OC(C(=O)O)[C@@H](O)[C@H](O[C@@H]7OC[C@@H](O)[C@H](O)C7O)C6O[C@@H]6OC(CO)[C@H](O)[C@H](O)C6O)[C@](C)(C=O)[C@@H]5CCC43C)C2C1. The van der Waals surface area contributed by atoms with Crippen LogP contribution in [0, 0.1) is 50.2 Å². The second kappa shape index (κ2) is 17.8. The number of carbonyl (C=O) groups excluding carboxylic acids is 1. The van der Waals surface area contributed by atoms with Gasteiger partial charge in [-0.1, -0.05) is 53.2 Å². The number of hydrogen-bond acceptors (Lipinski definition) is 18. The van der Waals surface area contributed by atoms with Gasteiger partial charge in [0.15, 0.2) is 25.0 Å². The number of rotatable bonds is 10. The first-order chi connectivity index (χ1) is 31.3. The Bertz CT molecular complexity index is 1910. The van der Waals surface area contributed by atoms with Gasteiger partial charge in [-0.05, 0) is 97.2 Å². The zero-order valence-corrected chi connectivity index (χ0v) is 39.0. The van der Waals surface area contributed by atoms with Gasteiger partial charge in [-0.15, -0.1) is 0 Å². The van der Waals surface area contributed by atoms with Gasteiger partial charge in [0.2, 0.25) is 0 Å². The van der Waals surface area contributed by atoms with E-state index in [1.54, 1.807) is 6.92 Å². The highest BCUT2D eigenvalue weighted by Crippen LogP contribution is 2.76. The molecule has 8 rings (SSSR count). The molecule has 24 atom stereocenters. The Morgan fingerprint density at radius 3 is 2.04 bits per heavy atom. The average Bonchev–Trinajstić information content (AvgIpc) is 3.26. The number of aliphatic hydroxyl groups is 9. The summed E-state index contributed by atoms with van der Waals surface area (Å²) < 4.78 is 35.9. The number of carboxylic acid groups (broad SMARTS) is 2. The van der Waals surface area contributed by atoms with E-state index < -0.39 is 150 Å². The molecule has 3 heterocycles. The average molecular weight is 957 g/mol. The Hall–Kier alpha value is -2.25. The molecule has 0 radical (unpaired) electrons. The third-order valence-corrected chi connectivity index (χ3v) is 18.9. The third-order valence-electron chi connectivity index (χ3n) is 18.9. The van der Waals surface area contributed by atoms with Crippen LogP contribution in [0.2, 0.25) is 0 Å². The lowest BCUT2D eigenvalue weighted by Crippen LogP contribution is -2.69. The number of aldehydes is 1. The highest BCUT2D eigenvalue weighted by atomic mass is 16.8. The van der Waals surface area contributed by atoms with Crippen molar-refractivity contribution in [2.45, 2.75) is 198 Å². The number of allylic oxidation sites excluding steroid dienone is 2. The van der Waals surface area contributed by atoms with Crippen molar-refractivity contribution in [3.63, 3.8) is 0 Å². The summed E-state index contributed by atoms with van der Waals surface area (Å²) in [6, 6.07) is 0. The van der Waals surface area contributed by atoms with Crippen LogP contribution in [-0.4, -0.2) is 186 Å². The van der Waals surface area contributed by atoms with Crippen LogP contribution in [-0.2, 0) is 42.8 Å². The van der Waals surface area contributed by atoms with Crippen molar-refractivity contribution in [2.24, 2.45) is 50.2 Å². The van der Waals surface area contributed by atoms with Crippen molar-refractivity contribution in [3.8, 4) is 0 Å². The smallest absolute Gasteiger partial charge is 0.335 e. The van der Waals surface area contributed by atoms with Gasteiger partial charge in [-0.2, -0.15) is 0 Å². The van der Waals surface area contributed by atoms with Crippen molar-refractivity contribution in [1.29, 1.82) is 0 Å². The van der Waals surface area contributed by atoms with E-state index in [0.717, 1.165) is 11.9 Å². The van der Waals surface area contributed by atoms with E-state index in [2.05, 4.69) is 40.7 Å². The molecule has 3 aliphatic heterocycles. The number of aliphatic carboxylic acids is 2. The molecule has 10 unspecified atom stereocenters. The van der Waals surface area contributed by atoms with E-state index in [-0.39, 0.29) is 36.0 Å². The quantitative estimate of drug-likeness (QED) is 0.0753. The molecule has 380 valence electrons. The second-order valence-corrected chi connectivity index (χ2v) is 22.8. The fraction of sp³-hybridized carbons (Fsp3) is 0.894. The first-order valence-electron chi connectivity index (χ1n) is 23.8. The van der Waals surface area contributed by atoms with E-state index in [1.807, 2.05) is 0 Å². The Morgan fingerprint density at radius 1 is 0.731 bits per heavy atom. The number of hydrogen-bond donors (Lipinski definition) is 11. The van der Waals surface area contributed by atoms with Crippen LogP contribution in [0.25, 0.3) is 0 Å². The monoisotopic (exact) mass is 956 g/mol. The van der Waals surface area contributed by atoms with E-state index in [4.69, 9.17) is 28.4 Å². The third kappa shape index (κ3) is 7.78. The molecule has 0 bridgehead atoms. The lowest BCUT2D eigenvalue weighted by Gasteiger charge is -2.71. The van der Waals surface area contributed by atoms with Crippen LogP contribution < -0.4 is 0 Å². The molecule has 20 heteroatoms. The van der Waals surface area contributed by atoms with Gasteiger partial charge in [0.25, 0.3) is 0 Å². The molecule has 4 saturated carbocycles. The number of fused-ring (bicyclic) bond motifs is 7. The molecule has 3 saturated heterocycles. The van der Waals surface area contributed by atoms with Gasteiger partial charge in [0.1, 0.15) is 72.7 Å². The van der Waals surface area contributed by atoms with E-state index in [0.29, 0.717) is 44.9 Å². The molecule has 0 aromatic carbocycles. The van der Waals surface area contributed by atoms with Gasteiger partial charge < -0.3 is 89.4 Å². The lowest BCUT2D eigenvalue weighted by atomic mass is 9.33. The maximum atomic E-state index is 13.8. The minimum Gasteiger partial charge on any atom is -0.481 e. The maximum Gasteiger partial charge on any atom is 0.335 e. The number of ether oxygens (including phenoxy) is 6. The Labute approximate surface area is 389 Å². The van der Waals surface area contributed by atoms with Gasteiger partial charge in [0, 0.05) is 0 Å². The summed E-state index contributed by atoms with van der Waals surface area (Å²) in [5.41, 5.74) is -3.10. The minimum atomic E-state index is -2.14. The summed E-state index contributed by atoms with van der Waals surface area (Å²) in [7, 11) is 0. The van der Waals surface area contributed by atoms with Crippen LogP contribution in [0.3, 0.4) is 0 Å². The normalized spacial score (nSPS) is 54.0. The molecule has 0 amide bonds. The van der Waals surface area contributed by atoms with E-state index in [1.165, 1.54) is 0 Å². The summed E-state index contributed by atoms with van der Waals surface area (Å²) in [5, 5.41) is 118. The van der Waals surface area contributed by atoms with Gasteiger partial charge in [0.05, 0.1) is 30.8 Å². The second-order valence-electron chi connectivity index (χ2n) is 22.8. The van der Waals surface area contributed by atoms with Crippen LogP contribution >= 0.6 is 0 Å². The zero-order chi connectivity index (χ0) is 49.1. The van der Waals surface area contributed by atoms with Gasteiger partial charge in [-0.25, -0.2) is 4.79 Å². The first-order valence-corrected chi connectivity index (χ1v) is 23.8. The maximum absolute atomic E-state index is 13.8. The van der Waals surface area contributed by atoms with Crippen LogP contribution in [0.5, 0.6) is 0 Å². The molecule has 11 N–H and O–H groups in total. The highest BCUT2D eigenvalue weighted by molar-refractivity contribution is 5.78. The molecule has 7 fully saturated rings. The predicted molar refractivity (Wildman–Crippen MR) is 227 cm³/mol. The number of aliphatic hydroxyl groups excluding tert-OH is 9. The summed E-state index contributed by atoms with van der Waals surface area (Å²) in [6.45, 7) is 11.3. The van der Waals surface area contributed by atoms with Crippen molar-refractivity contribution in [2.75, 3.05) is 13.2 Å². The van der Waals surface area contributed by atoms with Crippen LogP contribution in [0.15, 0.2) is 11.6 Å². The highest BCUT2D eigenvalue weighted by Gasteiger charge is 2.72. The molecule has 67 heavy (non-hydrogen) atoms. The van der Waals surface area contributed by atoms with Crippen molar-refractivity contribution >= 4 is 18.2 Å². The summed E-state index contributed by atoms with van der Waals surface area (Å²) in [6.07, 6.45) is -20.5. The molecular weight excluding hydrogens is 884 g/mol. The summed E-state index contributed by atoms with van der Waals surface area (Å²) >= 11 is 0. The van der Waals surface area contributed by atoms with Crippen LogP contribution in [0.4, 0.5) is 0 Å². The van der Waals surface area contributed by atoms with Gasteiger partial charge >= 0.3 is 11.9 Å². The van der Waals surface area contributed by atoms with Crippen LogP contribution in [0.1, 0.15) is 99.3 Å². The minimum absolute atomic E-state index is 0.0258. The van der Waals surface area contributed by atoms with Crippen molar-refractivity contribution < 1.29 is 99.0 Å². The number of carboxylic acids is 2.